The zero-order chi connectivity index (χ0) is 23.2. The van der Waals surface area contributed by atoms with Crippen molar-refractivity contribution in [3.63, 3.8) is 0 Å². The number of aromatic hydroxyl groups is 7. The van der Waals surface area contributed by atoms with Crippen LogP contribution in [0.1, 0.15) is 27.6 Å². The molecular weight excluding hydrogens is 424 g/mol. The summed E-state index contributed by atoms with van der Waals surface area (Å²) in [6.07, 6.45) is 0.124. The fraction of sp³-hybridized carbons (Fsp3) is 0.0455. The maximum atomic E-state index is 12.7. The lowest BCUT2D eigenvalue weighted by Gasteiger charge is -2.27. The molecule has 0 saturated heterocycles. The quantitative estimate of drug-likeness (QED) is 0.237. The summed E-state index contributed by atoms with van der Waals surface area (Å²) in [5.74, 6) is -4.93. The Bertz CT molecular complexity index is 1250. The first-order valence-electron chi connectivity index (χ1n) is 9.07. The minimum absolute atomic E-state index is 0.0554. The molecule has 1 aliphatic heterocycles. The molecule has 10 heteroatoms. The van der Waals surface area contributed by atoms with Gasteiger partial charge in [-0.25, -0.2) is 4.79 Å². The van der Waals surface area contributed by atoms with Crippen molar-refractivity contribution < 1.29 is 50.0 Å². The van der Waals surface area contributed by atoms with E-state index in [0.717, 1.165) is 18.2 Å². The Balaban J connectivity index is 1.78. The molecule has 4 rings (SSSR count). The van der Waals surface area contributed by atoms with Crippen LogP contribution in [0.3, 0.4) is 0 Å². The Hall–Kier alpha value is -4.73. The zero-order valence-corrected chi connectivity index (χ0v) is 16.1. The van der Waals surface area contributed by atoms with Crippen molar-refractivity contribution in [3.05, 3.63) is 64.9 Å². The molecule has 7 N–H and O–H groups in total. The Morgan fingerprint density at radius 2 is 1.47 bits per heavy atom. The average Bonchev–Trinajstić information content (AvgIpc) is 2.73. The average molecular weight is 440 g/mol. The van der Waals surface area contributed by atoms with E-state index in [-0.39, 0.29) is 39.7 Å². The summed E-state index contributed by atoms with van der Waals surface area (Å²) >= 11 is 0. The van der Waals surface area contributed by atoms with Crippen molar-refractivity contribution >= 4 is 12.0 Å². The van der Waals surface area contributed by atoms with Crippen molar-refractivity contribution in [2.45, 2.75) is 6.10 Å². The minimum atomic E-state index is -1.15. The van der Waals surface area contributed by atoms with Crippen molar-refractivity contribution in [1.29, 1.82) is 0 Å². The number of carbonyl (C=O) groups is 1. The van der Waals surface area contributed by atoms with Gasteiger partial charge in [-0.2, -0.15) is 0 Å². The van der Waals surface area contributed by atoms with E-state index < -0.39 is 40.8 Å². The largest absolute Gasteiger partial charge is 0.508 e. The number of phenols is 7. The van der Waals surface area contributed by atoms with E-state index in [2.05, 4.69) is 0 Å². The highest BCUT2D eigenvalue weighted by Gasteiger charge is 2.31. The monoisotopic (exact) mass is 440 g/mol. The van der Waals surface area contributed by atoms with E-state index in [1.54, 1.807) is 0 Å². The van der Waals surface area contributed by atoms with Crippen molar-refractivity contribution in [1.82, 2.24) is 0 Å². The van der Waals surface area contributed by atoms with Crippen LogP contribution in [0, 0.1) is 0 Å². The smallest absolute Gasteiger partial charge is 0.343 e. The molecule has 3 aromatic carbocycles. The molecular formula is C22H16O10. The second kappa shape index (κ2) is 7.51. The summed E-state index contributed by atoms with van der Waals surface area (Å²) in [4.78, 5) is 12.7. The van der Waals surface area contributed by atoms with Crippen molar-refractivity contribution in [2.75, 3.05) is 0 Å². The molecule has 1 atom stereocenters. The second-order valence-corrected chi connectivity index (χ2v) is 6.92. The van der Waals surface area contributed by atoms with Gasteiger partial charge in [-0.3, -0.25) is 0 Å². The minimum Gasteiger partial charge on any atom is -0.508 e. The van der Waals surface area contributed by atoms with Crippen molar-refractivity contribution in [3.8, 4) is 46.0 Å². The molecule has 3 aromatic rings. The summed E-state index contributed by atoms with van der Waals surface area (Å²) in [7, 11) is 0. The number of rotatable bonds is 3. The molecule has 0 fully saturated rings. The third kappa shape index (κ3) is 3.60. The van der Waals surface area contributed by atoms with E-state index >= 15 is 0 Å². The van der Waals surface area contributed by atoms with Gasteiger partial charge < -0.3 is 45.2 Å². The van der Waals surface area contributed by atoms with E-state index in [0.29, 0.717) is 0 Å². The van der Waals surface area contributed by atoms with Crippen LogP contribution >= 0.6 is 0 Å². The molecule has 0 amide bonds. The van der Waals surface area contributed by atoms with Gasteiger partial charge in [0.1, 0.15) is 17.2 Å². The zero-order valence-electron chi connectivity index (χ0n) is 16.1. The van der Waals surface area contributed by atoms with Gasteiger partial charge in [0.15, 0.2) is 40.6 Å². The van der Waals surface area contributed by atoms with Crippen LogP contribution in [0.5, 0.6) is 46.0 Å². The molecule has 1 unspecified atom stereocenters. The number of phenolic OH excluding ortho intramolecular Hbond substituents is 7. The molecule has 32 heavy (non-hydrogen) atoms. The van der Waals surface area contributed by atoms with E-state index in [1.807, 2.05) is 0 Å². The van der Waals surface area contributed by atoms with Crippen LogP contribution < -0.4 is 4.74 Å². The summed E-state index contributed by atoms with van der Waals surface area (Å²) in [6.45, 7) is 0. The Morgan fingerprint density at radius 1 is 0.781 bits per heavy atom. The first-order valence-corrected chi connectivity index (χ1v) is 9.07. The highest BCUT2D eigenvalue weighted by Crippen LogP contribution is 2.45. The second-order valence-electron chi connectivity index (χ2n) is 6.92. The Kier molecular flexibility index (Phi) is 4.82. The molecule has 0 radical (unpaired) electrons. The third-order valence-electron chi connectivity index (χ3n) is 4.71. The maximum absolute atomic E-state index is 12.7. The number of carbonyl (C=O) groups excluding carboxylic acids is 1. The van der Waals surface area contributed by atoms with Crippen LogP contribution in [0.15, 0.2) is 48.2 Å². The fourth-order valence-corrected chi connectivity index (χ4v) is 3.15. The predicted molar refractivity (Wildman–Crippen MR) is 108 cm³/mol. The lowest BCUT2D eigenvalue weighted by Crippen LogP contribution is -2.19. The molecule has 1 heterocycles. The van der Waals surface area contributed by atoms with Gasteiger partial charge in [0.25, 0.3) is 0 Å². The fourth-order valence-electron chi connectivity index (χ4n) is 3.15. The van der Waals surface area contributed by atoms with Gasteiger partial charge in [-0.1, -0.05) is 6.07 Å². The van der Waals surface area contributed by atoms with Crippen LogP contribution in [0.2, 0.25) is 0 Å². The highest BCUT2D eigenvalue weighted by molar-refractivity contribution is 5.92. The highest BCUT2D eigenvalue weighted by atomic mass is 16.6. The normalized spacial score (nSPS) is 14.8. The topological polar surface area (TPSA) is 177 Å². The van der Waals surface area contributed by atoms with Gasteiger partial charge in [0.2, 0.25) is 0 Å². The summed E-state index contributed by atoms with van der Waals surface area (Å²) in [6, 6.07) is 7.81. The molecule has 0 spiro atoms. The predicted octanol–water partition coefficient (Wildman–Crippen LogP) is 2.96. The number of esters is 1. The number of fused-ring (bicyclic) bond motifs is 1. The standard InChI is InChI=1S/C22H16O10/c23-11-6-14(25)12-8-19(32-22(30)10-4-16(27)20(29)17(28)5-10)21(31-18(12)7-11)9-1-2-13(24)15(26)3-9/h1-8,21,23-29H. The first-order chi connectivity index (χ1) is 15.1. The number of hydrogen-bond donors (Lipinski definition) is 7. The van der Waals surface area contributed by atoms with E-state index in [9.17, 15) is 40.5 Å². The van der Waals surface area contributed by atoms with E-state index in [1.165, 1.54) is 30.3 Å². The van der Waals surface area contributed by atoms with Gasteiger partial charge >= 0.3 is 5.97 Å². The number of hydrogen-bond acceptors (Lipinski definition) is 10. The lowest BCUT2D eigenvalue weighted by atomic mass is 10.0. The lowest BCUT2D eigenvalue weighted by molar-refractivity contribution is 0.0524. The molecule has 164 valence electrons. The van der Waals surface area contributed by atoms with E-state index in [4.69, 9.17) is 9.47 Å². The molecule has 0 bridgehead atoms. The van der Waals surface area contributed by atoms with Crippen LogP contribution in [0.25, 0.3) is 6.08 Å². The first kappa shape index (κ1) is 20.5. The van der Waals surface area contributed by atoms with Crippen LogP contribution in [0.4, 0.5) is 0 Å². The summed E-state index contributed by atoms with van der Waals surface area (Å²) in [5, 5.41) is 68.1. The molecule has 0 aromatic heterocycles. The molecule has 10 nitrogen and oxygen atoms in total. The van der Waals surface area contributed by atoms with Crippen LogP contribution in [-0.4, -0.2) is 41.7 Å². The Labute approximate surface area is 179 Å². The third-order valence-corrected chi connectivity index (χ3v) is 4.71. The van der Waals surface area contributed by atoms with Gasteiger partial charge in [-0.15, -0.1) is 0 Å². The summed E-state index contributed by atoms with van der Waals surface area (Å²) < 4.78 is 11.2. The SMILES string of the molecule is O=C(OC1=Cc2c(O)cc(O)cc2OC1c1ccc(O)c(O)c1)c1cc(O)c(O)c(O)c1. The van der Waals surface area contributed by atoms with Gasteiger partial charge in [-0.05, 0) is 30.3 Å². The summed E-state index contributed by atoms with van der Waals surface area (Å²) in [5.41, 5.74) is 0.0530. The molecule has 0 saturated carbocycles. The maximum Gasteiger partial charge on any atom is 0.343 e. The van der Waals surface area contributed by atoms with Crippen molar-refractivity contribution in [2.24, 2.45) is 0 Å². The molecule has 0 aliphatic carbocycles. The molecule has 1 aliphatic rings. The number of benzene rings is 3. The van der Waals surface area contributed by atoms with Gasteiger partial charge in [0.05, 0.1) is 11.1 Å². The Morgan fingerprint density at radius 3 is 2.12 bits per heavy atom. The van der Waals surface area contributed by atoms with Gasteiger partial charge in [0, 0.05) is 17.7 Å². The van der Waals surface area contributed by atoms with Crippen LogP contribution in [-0.2, 0) is 4.74 Å². The number of ether oxygens (including phenoxy) is 2.